The molecule has 3 nitrogen and oxygen atoms in total. The van der Waals surface area contributed by atoms with Gasteiger partial charge in [-0.05, 0) is 34.6 Å². The van der Waals surface area contributed by atoms with Crippen molar-refractivity contribution in [2.45, 2.75) is 49.2 Å². The summed E-state index contributed by atoms with van der Waals surface area (Å²) in [4.78, 5) is 0. The Labute approximate surface area is 200 Å². The van der Waals surface area contributed by atoms with Crippen LogP contribution in [-0.2, 0) is 19.7 Å². The molecule has 0 saturated heterocycles. The van der Waals surface area contributed by atoms with Gasteiger partial charge in [-0.25, -0.2) is 0 Å². The summed E-state index contributed by atoms with van der Waals surface area (Å²) in [6.45, 7) is 7.37. The molecule has 0 radical (unpaired) electrons. The molecule has 2 aromatic rings. The van der Waals surface area contributed by atoms with E-state index in [1.807, 2.05) is 62.4 Å². The first kappa shape index (κ1) is 25.5. The standard InChI is InChI=1S/C23H25BrClF3O3S/c1-14-16(15-10-7-6-8-11-15)12-9-13-17(14)21(4)18(20(21,2)3)19(31-32(5,29)30)22(24,25)23(26,27)28/h6-13,18-19H,1-5H3. The fourth-order valence-electron chi connectivity index (χ4n) is 5.02. The molecule has 1 aliphatic rings. The zero-order valence-electron chi connectivity index (χ0n) is 18.3. The summed E-state index contributed by atoms with van der Waals surface area (Å²) in [5.74, 6) is -0.840. The van der Waals surface area contributed by atoms with Gasteiger partial charge in [0.2, 0.25) is 3.78 Å². The van der Waals surface area contributed by atoms with E-state index in [9.17, 15) is 21.6 Å². The molecule has 1 saturated carbocycles. The number of benzene rings is 2. The number of rotatable bonds is 6. The Hall–Kier alpha value is -1.09. The lowest BCUT2D eigenvalue weighted by atomic mass is 9.83. The van der Waals surface area contributed by atoms with Gasteiger partial charge in [0.25, 0.3) is 10.1 Å². The lowest BCUT2D eigenvalue weighted by Crippen LogP contribution is -2.49. The van der Waals surface area contributed by atoms with E-state index in [2.05, 4.69) is 15.9 Å². The molecule has 3 rings (SSSR count). The molecule has 0 N–H and O–H groups in total. The van der Waals surface area contributed by atoms with Crippen LogP contribution in [0.15, 0.2) is 48.5 Å². The predicted octanol–water partition coefficient (Wildman–Crippen LogP) is 6.81. The summed E-state index contributed by atoms with van der Waals surface area (Å²) in [7, 11) is -4.23. The Morgan fingerprint density at radius 3 is 2.12 bits per heavy atom. The number of hydrogen-bond acceptors (Lipinski definition) is 3. The molecule has 0 aliphatic heterocycles. The van der Waals surface area contributed by atoms with Crippen molar-refractivity contribution in [2.75, 3.05) is 6.26 Å². The van der Waals surface area contributed by atoms with Crippen molar-refractivity contribution in [1.29, 1.82) is 0 Å². The SMILES string of the molecule is Cc1c(-c2ccccc2)cccc1C1(C)C(C(OS(C)(=O)=O)C(Cl)(Br)C(F)(F)F)C1(C)C. The maximum Gasteiger partial charge on any atom is 0.420 e. The maximum atomic E-state index is 13.9. The summed E-state index contributed by atoms with van der Waals surface area (Å²) in [5.41, 5.74) is 2.13. The molecule has 0 spiro atoms. The Balaban J connectivity index is 2.16. The number of hydrogen-bond donors (Lipinski definition) is 0. The van der Waals surface area contributed by atoms with Gasteiger partial charge in [0, 0.05) is 11.3 Å². The Morgan fingerprint density at radius 1 is 1.06 bits per heavy atom. The zero-order valence-corrected chi connectivity index (χ0v) is 21.5. The third-order valence-corrected chi connectivity index (χ3v) is 8.84. The van der Waals surface area contributed by atoms with Crippen molar-refractivity contribution in [3.8, 4) is 11.1 Å². The summed E-state index contributed by atoms with van der Waals surface area (Å²) in [6, 6.07) is 15.4. The monoisotopic (exact) mass is 552 g/mol. The minimum absolute atomic E-state index is 0.727. The van der Waals surface area contributed by atoms with E-state index in [4.69, 9.17) is 15.8 Å². The van der Waals surface area contributed by atoms with Crippen molar-refractivity contribution in [3.63, 3.8) is 0 Å². The molecule has 0 bridgehead atoms. The van der Waals surface area contributed by atoms with Gasteiger partial charge in [-0.3, -0.25) is 4.18 Å². The molecule has 9 heteroatoms. The molecule has 176 valence electrons. The molecule has 0 amide bonds. The van der Waals surface area contributed by atoms with Crippen LogP contribution in [-0.4, -0.2) is 30.7 Å². The van der Waals surface area contributed by atoms with Crippen LogP contribution >= 0.6 is 27.5 Å². The van der Waals surface area contributed by atoms with Gasteiger partial charge < -0.3 is 0 Å². The lowest BCUT2D eigenvalue weighted by Gasteiger charge is -2.33. The second kappa shape index (κ2) is 8.00. The van der Waals surface area contributed by atoms with Gasteiger partial charge >= 0.3 is 6.18 Å². The lowest BCUT2D eigenvalue weighted by molar-refractivity contribution is -0.157. The van der Waals surface area contributed by atoms with E-state index in [1.165, 1.54) is 0 Å². The fraction of sp³-hybridized carbons (Fsp3) is 0.478. The van der Waals surface area contributed by atoms with E-state index in [0.717, 1.165) is 28.5 Å². The van der Waals surface area contributed by atoms with Crippen molar-refractivity contribution in [1.82, 2.24) is 0 Å². The Morgan fingerprint density at radius 2 is 1.62 bits per heavy atom. The van der Waals surface area contributed by atoms with Gasteiger partial charge in [-0.2, -0.15) is 21.6 Å². The smallest absolute Gasteiger partial charge is 0.263 e. The number of halogens is 5. The number of alkyl halides is 5. The van der Waals surface area contributed by atoms with Crippen molar-refractivity contribution >= 4 is 37.6 Å². The van der Waals surface area contributed by atoms with Crippen molar-refractivity contribution in [2.24, 2.45) is 11.3 Å². The third kappa shape index (κ3) is 4.12. The van der Waals surface area contributed by atoms with E-state index >= 15 is 0 Å². The molecule has 4 unspecified atom stereocenters. The molecule has 0 aromatic heterocycles. The molecule has 2 aromatic carbocycles. The van der Waals surface area contributed by atoms with Crippen LogP contribution in [0.1, 0.15) is 31.9 Å². The summed E-state index contributed by atoms with van der Waals surface area (Å²) in [6.07, 6.45) is -6.10. The Kier molecular flexibility index (Phi) is 6.38. The van der Waals surface area contributed by atoms with Crippen LogP contribution in [0, 0.1) is 18.3 Å². The van der Waals surface area contributed by atoms with Crippen LogP contribution in [0.2, 0.25) is 0 Å². The Bertz CT molecular complexity index is 1120. The quantitative estimate of drug-likeness (QED) is 0.291. The minimum atomic E-state index is -4.95. The summed E-state index contributed by atoms with van der Waals surface area (Å²) < 4.78 is 67.4. The third-order valence-electron chi connectivity index (χ3n) is 6.95. The largest absolute Gasteiger partial charge is 0.420 e. The van der Waals surface area contributed by atoms with E-state index in [-0.39, 0.29) is 0 Å². The van der Waals surface area contributed by atoms with Crippen LogP contribution in [0.5, 0.6) is 0 Å². The average molecular weight is 554 g/mol. The minimum Gasteiger partial charge on any atom is -0.263 e. The topological polar surface area (TPSA) is 43.4 Å². The van der Waals surface area contributed by atoms with E-state index < -0.39 is 42.9 Å². The van der Waals surface area contributed by atoms with Crippen LogP contribution in [0.3, 0.4) is 0 Å². The second-order valence-corrected chi connectivity index (χ2v) is 13.0. The van der Waals surface area contributed by atoms with Crippen LogP contribution in [0.25, 0.3) is 11.1 Å². The van der Waals surface area contributed by atoms with Gasteiger partial charge in [0.1, 0.15) is 6.10 Å². The van der Waals surface area contributed by atoms with E-state index in [1.54, 1.807) is 13.8 Å². The molecule has 0 heterocycles. The average Bonchev–Trinajstić information content (AvgIpc) is 3.11. The molecular formula is C23H25BrClF3O3S. The zero-order chi connectivity index (χ0) is 24.3. The first-order valence-electron chi connectivity index (χ1n) is 9.94. The summed E-state index contributed by atoms with van der Waals surface area (Å²) >= 11 is 8.49. The highest BCUT2D eigenvalue weighted by molar-refractivity contribution is 9.10. The predicted molar refractivity (Wildman–Crippen MR) is 125 cm³/mol. The van der Waals surface area contributed by atoms with Gasteiger partial charge in [0.05, 0.1) is 6.26 Å². The molecule has 32 heavy (non-hydrogen) atoms. The molecular weight excluding hydrogens is 529 g/mol. The normalized spacial score (nSPS) is 25.8. The second-order valence-electron chi connectivity index (χ2n) is 9.09. The molecule has 4 atom stereocenters. The van der Waals surface area contributed by atoms with Gasteiger partial charge in [0.15, 0.2) is 0 Å². The highest BCUT2D eigenvalue weighted by Crippen LogP contribution is 2.74. The van der Waals surface area contributed by atoms with Gasteiger partial charge in [-0.1, -0.05) is 96.8 Å². The van der Waals surface area contributed by atoms with Gasteiger partial charge in [-0.15, -0.1) is 0 Å². The van der Waals surface area contributed by atoms with Crippen LogP contribution in [0.4, 0.5) is 13.2 Å². The van der Waals surface area contributed by atoms with E-state index in [0.29, 0.717) is 0 Å². The maximum absolute atomic E-state index is 13.9. The highest BCUT2D eigenvalue weighted by Gasteiger charge is 2.77. The first-order chi connectivity index (χ1) is 14.5. The first-order valence-corrected chi connectivity index (χ1v) is 12.9. The van der Waals surface area contributed by atoms with Crippen molar-refractivity contribution in [3.05, 3.63) is 59.7 Å². The van der Waals surface area contributed by atoms with Crippen molar-refractivity contribution < 1.29 is 25.8 Å². The molecule has 1 aliphatic carbocycles. The fourth-order valence-corrected chi connectivity index (χ4v) is 6.36. The highest BCUT2D eigenvalue weighted by atomic mass is 79.9. The molecule has 1 fully saturated rings. The summed E-state index contributed by atoms with van der Waals surface area (Å²) in [5, 5.41) is 0. The van der Waals surface area contributed by atoms with Crippen LogP contribution < -0.4 is 0 Å².